The van der Waals surface area contributed by atoms with Crippen LogP contribution in [0.5, 0.6) is 11.5 Å². The van der Waals surface area contributed by atoms with Crippen molar-refractivity contribution in [3.8, 4) is 22.8 Å². The molecule has 170 valence electrons. The number of thiophene rings is 1. The van der Waals surface area contributed by atoms with Crippen molar-refractivity contribution >= 4 is 33.6 Å². The van der Waals surface area contributed by atoms with E-state index < -0.39 is 0 Å². The number of rotatable bonds is 5. The normalized spacial score (nSPS) is 14.0. The fourth-order valence-electron chi connectivity index (χ4n) is 3.81. The molecule has 0 bridgehead atoms. The summed E-state index contributed by atoms with van der Waals surface area (Å²) < 4.78 is 17.6. The lowest BCUT2D eigenvalue weighted by atomic mass is 10.1. The van der Waals surface area contributed by atoms with Gasteiger partial charge in [0, 0.05) is 44.2 Å². The minimum absolute atomic E-state index is 0.0343. The quantitative estimate of drug-likeness (QED) is 0.584. The van der Waals surface area contributed by atoms with E-state index >= 15 is 0 Å². The second kappa shape index (κ2) is 9.07. The fraction of sp³-hybridized carbons (Fsp3) is 0.409. The number of hydrogen-bond acceptors (Lipinski definition) is 7. The van der Waals surface area contributed by atoms with Gasteiger partial charge in [0.25, 0.3) is 5.91 Å². The van der Waals surface area contributed by atoms with Crippen molar-refractivity contribution < 1.29 is 23.8 Å². The molecule has 1 aliphatic heterocycles. The molecule has 0 radical (unpaired) electrons. The number of nitrogens with zero attached hydrogens (tertiary/aromatic N) is 4. The smallest absolute Gasteiger partial charge is 0.409 e. The summed E-state index contributed by atoms with van der Waals surface area (Å²) in [4.78, 5) is 30.0. The topological polar surface area (TPSA) is 86.1 Å². The minimum atomic E-state index is -0.327. The second-order valence-electron chi connectivity index (χ2n) is 7.35. The molecule has 0 unspecified atom stereocenters. The number of methoxy groups -OCH3 is 2. The maximum Gasteiger partial charge on any atom is 0.409 e. The van der Waals surface area contributed by atoms with E-state index in [0.29, 0.717) is 49.2 Å². The van der Waals surface area contributed by atoms with Crippen molar-refractivity contribution in [2.24, 2.45) is 7.05 Å². The van der Waals surface area contributed by atoms with Crippen molar-refractivity contribution in [3.05, 3.63) is 29.1 Å². The lowest BCUT2D eigenvalue weighted by Gasteiger charge is -2.33. The SMILES string of the molecule is CCOC(=O)N1CCN(C(=O)c2cc3c(-c4ccc(OC)c(OC)c4)nn(C)c3s2)CC1. The summed E-state index contributed by atoms with van der Waals surface area (Å²) in [5, 5.41) is 5.57. The van der Waals surface area contributed by atoms with Crippen LogP contribution >= 0.6 is 11.3 Å². The first-order valence-corrected chi connectivity index (χ1v) is 11.2. The monoisotopic (exact) mass is 458 g/mol. The van der Waals surface area contributed by atoms with Gasteiger partial charge in [-0.05, 0) is 31.2 Å². The van der Waals surface area contributed by atoms with Gasteiger partial charge in [-0.25, -0.2) is 4.79 Å². The molecule has 32 heavy (non-hydrogen) atoms. The van der Waals surface area contributed by atoms with E-state index in [1.54, 1.807) is 35.6 Å². The molecule has 1 fully saturated rings. The van der Waals surface area contributed by atoms with Crippen LogP contribution in [0.2, 0.25) is 0 Å². The van der Waals surface area contributed by atoms with Crippen LogP contribution in [0.4, 0.5) is 4.79 Å². The molecular weight excluding hydrogens is 432 g/mol. The van der Waals surface area contributed by atoms with Gasteiger partial charge in [0.15, 0.2) is 11.5 Å². The van der Waals surface area contributed by atoms with Crippen molar-refractivity contribution in [2.75, 3.05) is 47.0 Å². The van der Waals surface area contributed by atoms with Crippen LogP contribution < -0.4 is 9.47 Å². The molecule has 2 aromatic heterocycles. The molecule has 4 rings (SSSR count). The molecule has 3 aromatic rings. The molecule has 0 N–H and O–H groups in total. The molecular formula is C22H26N4O5S. The number of carbonyl (C=O) groups is 2. The summed E-state index contributed by atoms with van der Waals surface area (Å²) in [7, 11) is 5.06. The average molecular weight is 459 g/mol. The summed E-state index contributed by atoms with van der Waals surface area (Å²) in [5.41, 5.74) is 1.67. The zero-order chi connectivity index (χ0) is 22.8. The highest BCUT2D eigenvalue weighted by atomic mass is 32.1. The predicted octanol–water partition coefficient (Wildman–Crippen LogP) is 3.23. The Morgan fingerprint density at radius 2 is 1.72 bits per heavy atom. The Balaban J connectivity index is 1.57. The molecule has 9 nitrogen and oxygen atoms in total. The Bertz CT molecular complexity index is 1150. The number of benzene rings is 1. The van der Waals surface area contributed by atoms with Crippen molar-refractivity contribution in [1.29, 1.82) is 0 Å². The lowest BCUT2D eigenvalue weighted by Crippen LogP contribution is -2.50. The van der Waals surface area contributed by atoms with Gasteiger partial charge in [0.2, 0.25) is 0 Å². The third kappa shape index (κ3) is 3.97. The predicted molar refractivity (Wildman–Crippen MR) is 122 cm³/mol. The Morgan fingerprint density at radius 3 is 2.38 bits per heavy atom. The highest BCUT2D eigenvalue weighted by molar-refractivity contribution is 7.20. The maximum atomic E-state index is 13.1. The van der Waals surface area contributed by atoms with Gasteiger partial charge in [0.05, 0.1) is 25.7 Å². The summed E-state index contributed by atoms with van der Waals surface area (Å²) in [6.45, 7) is 4.02. The van der Waals surface area contributed by atoms with E-state index in [-0.39, 0.29) is 12.0 Å². The van der Waals surface area contributed by atoms with Crippen LogP contribution in [0.1, 0.15) is 16.6 Å². The summed E-state index contributed by atoms with van der Waals surface area (Å²) >= 11 is 1.42. The first-order valence-electron chi connectivity index (χ1n) is 10.4. The number of ether oxygens (including phenoxy) is 3. The molecule has 0 atom stereocenters. The van der Waals surface area contributed by atoms with Crippen LogP contribution in [-0.4, -0.2) is 78.6 Å². The number of carbonyl (C=O) groups excluding carboxylic acids is 2. The van der Waals surface area contributed by atoms with Gasteiger partial charge in [0.1, 0.15) is 10.5 Å². The van der Waals surface area contributed by atoms with E-state index in [4.69, 9.17) is 14.2 Å². The molecule has 0 aliphatic carbocycles. The van der Waals surface area contributed by atoms with Gasteiger partial charge >= 0.3 is 6.09 Å². The molecule has 1 saturated heterocycles. The van der Waals surface area contributed by atoms with Crippen LogP contribution in [-0.2, 0) is 11.8 Å². The summed E-state index contributed by atoms with van der Waals surface area (Å²) in [5.74, 6) is 1.23. The summed E-state index contributed by atoms with van der Waals surface area (Å²) in [6.07, 6.45) is -0.327. The number of aryl methyl sites for hydroxylation is 1. The highest BCUT2D eigenvalue weighted by Gasteiger charge is 2.27. The zero-order valence-electron chi connectivity index (χ0n) is 18.6. The van der Waals surface area contributed by atoms with Crippen molar-refractivity contribution in [2.45, 2.75) is 6.92 Å². The number of amides is 2. The second-order valence-corrected chi connectivity index (χ2v) is 8.38. The molecule has 2 amide bonds. The van der Waals surface area contributed by atoms with Gasteiger partial charge in [-0.2, -0.15) is 5.10 Å². The Kier molecular flexibility index (Phi) is 6.22. The third-order valence-corrected chi connectivity index (χ3v) is 6.66. The van der Waals surface area contributed by atoms with Crippen molar-refractivity contribution in [3.63, 3.8) is 0 Å². The van der Waals surface area contributed by atoms with Crippen LogP contribution in [0.3, 0.4) is 0 Å². The van der Waals surface area contributed by atoms with Crippen LogP contribution in [0.25, 0.3) is 21.5 Å². The minimum Gasteiger partial charge on any atom is -0.493 e. The Labute approximate surface area is 190 Å². The molecule has 1 aromatic carbocycles. The molecule has 1 aliphatic rings. The largest absolute Gasteiger partial charge is 0.493 e. The van der Waals surface area contributed by atoms with Gasteiger partial charge in [-0.1, -0.05) is 0 Å². The molecule has 3 heterocycles. The number of hydrogen-bond donors (Lipinski definition) is 0. The molecule has 0 spiro atoms. The number of aromatic nitrogens is 2. The Morgan fingerprint density at radius 1 is 1.03 bits per heavy atom. The van der Waals surface area contributed by atoms with E-state index in [1.165, 1.54) is 11.3 Å². The van der Waals surface area contributed by atoms with Crippen LogP contribution in [0.15, 0.2) is 24.3 Å². The van der Waals surface area contributed by atoms with E-state index in [9.17, 15) is 9.59 Å². The van der Waals surface area contributed by atoms with Gasteiger partial charge in [-0.15, -0.1) is 11.3 Å². The van der Waals surface area contributed by atoms with Crippen molar-refractivity contribution in [1.82, 2.24) is 19.6 Å². The van der Waals surface area contributed by atoms with Gasteiger partial charge in [-0.3, -0.25) is 9.48 Å². The first-order chi connectivity index (χ1) is 15.5. The van der Waals surface area contributed by atoms with E-state index in [1.807, 2.05) is 31.3 Å². The highest BCUT2D eigenvalue weighted by Crippen LogP contribution is 2.37. The third-order valence-electron chi connectivity index (χ3n) is 5.47. The number of fused-ring (bicyclic) bond motifs is 1. The summed E-state index contributed by atoms with van der Waals surface area (Å²) in [6, 6.07) is 7.56. The fourth-order valence-corrected chi connectivity index (χ4v) is 4.85. The van der Waals surface area contributed by atoms with Crippen LogP contribution in [0, 0.1) is 0 Å². The van der Waals surface area contributed by atoms with E-state index in [2.05, 4.69) is 5.10 Å². The van der Waals surface area contributed by atoms with E-state index in [0.717, 1.165) is 21.5 Å². The zero-order valence-corrected chi connectivity index (χ0v) is 19.4. The van der Waals surface area contributed by atoms with Gasteiger partial charge < -0.3 is 24.0 Å². The number of piperazine rings is 1. The molecule has 0 saturated carbocycles. The first kappa shape index (κ1) is 21.9. The maximum absolute atomic E-state index is 13.1. The standard InChI is InChI=1S/C22H26N4O5S/c1-5-31-22(28)26-10-8-25(9-11-26)20(27)18-13-15-19(23-24(2)21(15)32-18)14-6-7-16(29-3)17(12-14)30-4/h6-7,12-13H,5,8-11H2,1-4H3. The molecule has 10 heteroatoms. The average Bonchev–Trinajstić information content (AvgIpc) is 3.39. The Hall–Kier alpha value is -3.27. The lowest BCUT2D eigenvalue weighted by molar-refractivity contribution is 0.0574.